The molecule has 1 saturated heterocycles. The van der Waals surface area contributed by atoms with E-state index in [1.807, 2.05) is 11.8 Å². The molecular formula is C10H16N4OS. The van der Waals surface area contributed by atoms with E-state index in [2.05, 4.69) is 15.5 Å². The Morgan fingerprint density at radius 1 is 1.69 bits per heavy atom. The number of carbonyl (C=O) groups excluding carboxylic acids is 1. The molecule has 2 rings (SSSR count). The number of H-pyrrole nitrogens is 1. The third-order valence-corrected chi connectivity index (χ3v) is 3.92. The van der Waals surface area contributed by atoms with Gasteiger partial charge in [-0.3, -0.25) is 9.89 Å². The van der Waals surface area contributed by atoms with E-state index in [-0.39, 0.29) is 11.9 Å². The van der Waals surface area contributed by atoms with Crippen LogP contribution in [0.4, 0.5) is 5.69 Å². The Kier molecular flexibility index (Phi) is 3.38. The van der Waals surface area contributed by atoms with Crippen LogP contribution in [0, 0.1) is 6.92 Å². The maximum absolute atomic E-state index is 11.9. The van der Waals surface area contributed by atoms with Crippen molar-refractivity contribution in [3.8, 4) is 0 Å². The lowest BCUT2D eigenvalue weighted by atomic mass is 10.2. The zero-order valence-electron chi connectivity index (χ0n) is 9.25. The zero-order chi connectivity index (χ0) is 11.5. The number of aromatic nitrogens is 2. The van der Waals surface area contributed by atoms with Gasteiger partial charge in [0.25, 0.3) is 5.91 Å². The summed E-state index contributed by atoms with van der Waals surface area (Å²) in [6.07, 6.45) is 2.20. The molecule has 0 radical (unpaired) electrons. The number of nitrogens with zero attached hydrogens (tertiary/aromatic N) is 1. The Bertz CT molecular complexity index is 384. The lowest BCUT2D eigenvalue weighted by molar-refractivity contribution is 0.0934. The molecule has 1 amide bonds. The van der Waals surface area contributed by atoms with Crippen LogP contribution in [0.2, 0.25) is 0 Å². The summed E-state index contributed by atoms with van der Waals surface area (Å²) in [6.45, 7) is 1.80. The Morgan fingerprint density at radius 3 is 3.06 bits per heavy atom. The Hall–Kier alpha value is -1.17. The second kappa shape index (κ2) is 4.78. The fraction of sp³-hybridized carbons (Fsp3) is 0.600. The van der Waals surface area contributed by atoms with Crippen molar-refractivity contribution >= 4 is 23.4 Å². The van der Waals surface area contributed by atoms with Crippen molar-refractivity contribution < 1.29 is 4.79 Å². The second-order valence-corrected chi connectivity index (χ2v) is 5.15. The van der Waals surface area contributed by atoms with Gasteiger partial charge in [0.1, 0.15) is 0 Å². The van der Waals surface area contributed by atoms with Crippen molar-refractivity contribution in [1.82, 2.24) is 15.5 Å². The molecule has 1 unspecified atom stereocenters. The molecule has 1 aliphatic heterocycles. The average Bonchev–Trinajstić information content (AvgIpc) is 2.61. The number of hydrogen-bond donors (Lipinski definition) is 3. The molecule has 0 spiro atoms. The number of anilines is 1. The number of nitrogens with one attached hydrogen (secondary N) is 2. The summed E-state index contributed by atoms with van der Waals surface area (Å²) in [7, 11) is 0. The molecule has 0 bridgehead atoms. The predicted octanol–water partition coefficient (Wildman–Crippen LogP) is 0.926. The first-order valence-corrected chi connectivity index (χ1v) is 6.53. The standard InChI is InChI=1S/C10H16N4OS/c1-6-8(11)9(14-13-6)10(15)12-7-3-2-4-16-5-7/h7H,2-5,11H2,1H3,(H,12,15)(H,13,14). The number of thioether (sulfide) groups is 1. The molecular weight excluding hydrogens is 224 g/mol. The Labute approximate surface area is 98.6 Å². The van der Waals surface area contributed by atoms with E-state index >= 15 is 0 Å². The van der Waals surface area contributed by atoms with Gasteiger partial charge in [-0.25, -0.2) is 0 Å². The third kappa shape index (κ3) is 2.32. The minimum Gasteiger partial charge on any atom is -0.395 e. The molecule has 0 aliphatic carbocycles. The topological polar surface area (TPSA) is 83.8 Å². The molecule has 6 heteroatoms. The number of nitrogens with two attached hydrogens (primary N) is 1. The van der Waals surface area contributed by atoms with Gasteiger partial charge in [-0.1, -0.05) is 0 Å². The number of rotatable bonds is 2. The normalized spacial score (nSPS) is 20.7. The molecule has 1 fully saturated rings. The minimum absolute atomic E-state index is 0.172. The highest BCUT2D eigenvalue weighted by Crippen LogP contribution is 2.18. The van der Waals surface area contributed by atoms with Crippen molar-refractivity contribution in [3.63, 3.8) is 0 Å². The van der Waals surface area contributed by atoms with E-state index in [4.69, 9.17) is 5.73 Å². The number of aryl methyl sites for hydroxylation is 1. The van der Waals surface area contributed by atoms with Crippen LogP contribution in [0.15, 0.2) is 0 Å². The number of aromatic amines is 1. The highest BCUT2D eigenvalue weighted by atomic mass is 32.2. The Morgan fingerprint density at radius 2 is 2.50 bits per heavy atom. The van der Waals surface area contributed by atoms with Crippen molar-refractivity contribution in [2.24, 2.45) is 0 Å². The summed E-state index contributed by atoms with van der Waals surface area (Å²) in [5, 5.41) is 9.59. The van der Waals surface area contributed by atoms with Crippen molar-refractivity contribution in [3.05, 3.63) is 11.4 Å². The van der Waals surface area contributed by atoms with Gasteiger partial charge < -0.3 is 11.1 Å². The molecule has 1 aromatic rings. The second-order valence-electron chi connectivity index (χ2n) is 4.00. The lowest BCUT2D eigenvalue weighted by Gasteiger charge is -2.21. The van der Waals surface area contributed by atoms with Gasteiger partial charge in [0.05, 0.1) is 11.4 Å². The number of carbonyl (C=O) groups is 1. The van der Waals surface area contributed by atoms with E-state index < -0.39 is 0 Å². The van der Waals surface area contributed by atoms with Crippen LogP contribution < -0.4 is 11.1 Å². The summed E-state index contributed by atoms with van der Waals surface area (Å²) in [4.78, 5) is 11.9. The molecule has 4 N–H and O–H groups in total. The molecule has 0 saturated carbocycles. The minimum atomic E-state index is -0.172. The summed E-state index contributed by atoms with van der Waals surface area (Å²) < 4.78 is 0. The highest BCUT2D eigenvalue weighted by Gasteiger charge is 2.20. The van der Waals surface area contributed by atoms with Gasteiger partial charge in [-0.05, 0) is 25.5 Å². The fourth-order valence-electron chi connectivity index (χ4n) is 1.72. The third-order valence-electron chi connectivity index (χ3n) is 2.71. The van der Waals surface area contributed by atoms with Crippen molar-refractivity contribution in [1.29, 1.82) is 0 Å². The lowest BCUT2D eigenvalue weighted by Crippen LogP contribution is -2.38. The molecule has 0 aromatic carbocycles. The van der Waals surface area contributed by atoms with Gasteiger partial charge in [0.15, 0.2) is 5.69 Å². The maximum atomic E-state index is 11.9. The Balaban J connectivity index is 1.99. The smallest absolute Gasteiger partial charge is 0.274 e. The molecule has 5 nitrogen and oxygen atoms in total. The first-order valence-electron chi connectivity index (χ1n) is 5.37. The molecule has 88 valence electrons. The molecule has 16 heavy (non-hydrogen) atoms. The summed E-state index contributed by atoms with van der Waals surface area (Å²) in [5.74, 6) is 2.00. The van der Waals surface area contributed by atoms with Crippen LogP contribution in [0.25, 0.3) is 0 Å². The SMILES string of the molecule is Cc1[nH]nc(C(=O)NC2CCCSC2)c1N. The predicted molar refractivity (Wildman–Crippen MR) is 65.6 cm³/mol. The van der Waals surface area contributed by atoms with Gasteiger partial charge in [0, 0.05) is 11.8 Å². The van der Waals surface area contributed by atoms with E-state index in [1.165, 1.54) is 5.75 Å². The van der Waals surface area contributed by atoms with Gasteiger partial charge >= 0.3 is 0 Å². The quantitative estimate of drug-likeness (QED) is 0.718. The summed E-state index contributed by atoms with van der Waals surface area (Å²) >= 11 is 1.88. The van der Waals surface area contributed by atoms with Crippen LogP contribution in [-0.2, 0) is 0 Å². The molecule has 1 aliphatic rings. The van der Waals surface area contributed by atoms with Crippen LogP contribution in [0.1, 0.15) is 29.0 Å². The maximum Gasteiger partial charge on any atom is 0.274 e. The average molecular weight is 240 g/mol. The largest absolute Gasteiger partial charge is 0.395 e. The highest BCUT2D eigenvalue weighted by molar-refractivity contribution is 7.99. The number of hydrogen-bond acceptors (Lipinski definition) is 4. The monoisotopic (exact) mass is 240 g/mol. The number of amides is 1. The van der Waals surface area contributed by atoms with Gasteiger partial charge in [-0.15, -0.1) is 0 Å². The van der Waals surface area contributed by atoms with Crippen LogP contribution in [0.5, 0.6) is 0 Å². The molecule has 2 heterocycles. The molecule has 1 atom stereocenters. The van der Waals surface area contributed by atoms with E-state index in [0.717, 1.165) is 24.3 Å². The fourth-order valence-corrected chi connectivity index (χ4v) is 2.79. The van der Waals surface area contributed by atoms with E-state index in [1.54, 1.807) is 6.92 Å². The van der Waals surface area contributed by atoms with Crippen molar-refractivity contribution in [2.45, 2.75) is 25.8 Å². The van der Waals surface area contributed by atoms with Gasteiger partial charge in [-0.2, -0.15) is 16.9 Å². The van der Waals surface area contributed by atoms with Crippen LogP contribution >= 0.6 is 11.8 Å². The van der Waals surface area contributed by atoms with Crippen LogP contribution in [-0.4, -0.2) is 33.7 Å². The summed E-state index contributed by atoms with van der Waals surface area (Å²) in [6, 6.07) is 0.252. The zero-order valence-corrected chi connectivity index (χ0v) is 10.1. The summed E-state index contributed by atoms with van der Waals surface area (Å²) in [5.41, 5.74) is 7.25. The number of nitrogen functional groups attached to an aromatic ring is 1. The molecule has 1 aromatic heterocycles. The van der Waals surface area contributed by atoms with Gasteiger partial charge in [0.2, 0.25) is 0 Å². The van der Waals surface area contributed by atoms with Crippen LogP contribution in [0.3, 0.4) is 0 Å². The van der Waals surface area contributed by atoms with E-state index in [0.29, 0.717) is 11.4 Å². The first kappa shape index (κ1) is 11.3. The van der Waals surface area contributed by atoms with E-state index in [9.17, 15) is 4.79 Å². The van der Waals surface area contributed by atoms with Crippen molar-refractivity contribution in [2.75, 3.05) is 17.2 Å². The first-order chi connectivity index (χ1) is 7.68.